The van der Waals surface area contributed by atoms with Crippen molar-refractivity contribution in [2.45, 2.75) is 55.9 Å². The minimum absolute atomic E-state index is 0.494. The molecule has 2 atom stereocenters. The number of rotatable bonds is 10. The van der Waals surface area contributed by atoms with Gasteiger partial charge in [-0.2, -0.15) is 0 Å². The number of benzene rings is 1. The summed E-state index contributed by atoms with van der Waals surface area (Å²) < 4.78 is 0. The van der Waals surface area contributed by atoms with Gasteiger partial charge in [0.2, 0.25) is 5.95 Å². The first kappa shape index (κ1) is 19.2. The Morgan fingerprint density at radius 1 is 1.12 bits per heavy atom. The molecule has 1 aliphatic carbocycles. The predicted molar refractivity (Wildman–Crippen MR) is 111 cm³/mol. The van der Waals surface area contributed by atoms with Crippen LogP contribution >= 0.6 is 11.8 Å². The summed E-state index contributed by atoms with van der Waals surface area (Å²) in [5.74, 6) is 2.73. The van der Waals surface area contributed by atoms with Crippen molar-refractivity contribution in [2.24, 2.45) is 5.73 Å². The van der Waals surface area contributed by atoms with E-state index in [1.165, 1.54) is 36.9 Å². The molecule has 1 saturated carbocycles. The fourth-order valence-electron chi connectivity index (χ4n) is 3.48. The van der Waals surface area contributed by atoms with Crippen LogP contribution in [0, 0.1) is 0 Å². The maximum absolute atomic E-state index is 5.68. The first-order valence-corrected chi connectivity index (χ1v) is 10.8. The highest BCUT2D eigenvalue weighted by atomic mass is 32.2. The summed E-state index contributed by atoms with van der Waals surface area (Å²) in [5.41, 5.74) is 8.29. The monoisotopic (exact) mass is 370 g/mol. The van der Waals surface area contributed by atoms with Gasteiger partial charge in [-0.25, -0.2) is 9.97 Å². The number of nitrogens with two attached hydrogens (primary N) is 1. The van der Waals surface area contributed by atoms with Crippen molar-refractivity contribution in [3.63, 3.8) is 0 Å². The number of hydrogen-bond acceptors (Lipinski definition) is 5. The first-order chi connectivity index (χ1) is 12.8. The van der Waals surface area contributed by atoms with E-state index in [9.17, 15) is 0 Å². The standard InChI is InChI=1S/C21H30N4S/c1-2-3-7-13-23-21-24-19(15-20(25-21)26-14-12-22)18-11-10-17(18)16-8-5-4-6-9-16/h4-6,8-9,15,17-18H,2-3,7,10-14,22H2,1H3,(H,23,24,25). The largest absolute Gasteiger partial charge is 0.354 e. The van der Waals surface area contributed by atoms with Crippen LogP contribution in [0.5, 0.6) is 0 Å². The first-order valence-electron chi connectivity index (χ1n) is 9.82. The number of nitrogens with zero attached hydrogens (tertiary/aromatic N) is 2. The molecule has 0 amide bonds. The predicted octanol–water partition coefficient (Wildman–Crippen LogP) is 4.79. The van der Waals surface area contributed by atoms with Crippen LogP contribution in [0.1, 0.15) is 62.1 Å². The molecule has 2 unspecified atom stereocenters. The van der Waals surface area contributed by atoms with Crippen LogP contribution in [-0.2, 0) is 0 Å². The van der Waals surface area contributed by atoms with Crippen LogP contribution < -0.4 is 11.1 Å². The number of anilines is 1. The molecule has 1 aliphatic rings. The van der Waals surface area contributed by atoms with Crippen molar-refractivity contribution in [1.82, 2.24) is 9.97 Å². The normalized spacial score (nSPS) is 19.2. The highest BCUT2D eigenvalue weighted by molar-refractivity contribution is 7.99. The molecule has 1 fully saturated rings. The van der Waals surface area contributed by atoms with E-state index in [0.717, 1.165) is 29.7 Å². The number of hydrogen-bond donors (Lipinski definition) is 2. The molecule has 140 valence electrons. The SMILES string of the molecule is CCCCCNc1nc(SCCN)cc(C2CCC2c2ccccc2)n1. The molecule has 1 heterocycles. The summed E-state index contributed by atoms with van der Waals surface area (Å²) >= 11 is 1.73. The van der Waals surface area contributed by atoms with Gasteiger partial charge in [-0.15, -0.1) is 11.8 Å². The second kappa shape index (κ2) is 9.93. The number of unbranched alkanes of at least 4 members (excludes halogenated alkanes) is 2. The second-order valence-corrected chi connectivity index (χ2v) is 8.04. The molecule has 4 nitrogen and oxygen atoms in total. The van der Waals surface area contributed by atoms with Crippen molar-refractivity contribution in [1.29, 1.82) is 0 Å². The molecule has 1 aromatic carbocycles. The van der Waals surface area contributed by atoms with Crippen LogP contribution in [0.4, 0.5) is 5.95 Å². The topological polar surface area (TPSA) is 63.8 Å². The lowest BCUT2D eigenvalue weighted by Crippen LogP contribution is -2.23. The zero-order chi connectivity index (χ0) is 18.2. The van der Waals surface area contributed by atoms with Crippen molar-refractivity contribution < 1.29 is 0 Å². The number of thioether (sulfide) groups is 1. The molecule has 0 saturated heterocycles. The summed E-state index contributed by atoms with van der Waals surface area (Å²) in [6.45, 7) is 3.82. The van der Waals surface area contributed by atoms with Crippen molar-refractivity contribution in [2.75, 3.05) is 24.2 Å². The zero-order valence-electron chi connectivity index (χ0n) is 15.7. The minimum atomic E-state index is 0.494. The Balaban J connectivity index is 1.76. The molecule has 1 aromatic heterocycles. The van der Waals surface area contributed by atoms with Crippen molar-refractivity contribution in [3.8, 4) is 0 Å². The third-order valence-corrected chi connectivity index (χ3v) is 5.98. The summed E-state index contributed by atoms with van der Waals surface area (Å²) in [6.07, 6.45) is 6.06. The van der Waals surface area contributed by atoms with Crippen LogP contribution in [0.25, 0.3) is 0 Å². The van der Waals surface area contributed by atoms with Crippen LogP contribution in [-0.4, -0.2) is 28.8 Å². The van der Waals surface area contributed by atoms with Gasteiger partial charge in [-0.05, 0) is 36.8 Å². The highest BCUT2D eigenvalue weighted by Gasteiger charge is 2.34. The van der Waals surface area contributed by atoms with Crippen LogP contribution in [0.15, 0.2) is 41.4 Å². The molecule has 0 bridgehead atoms. The van der Waals surface area contributed by atoms with Gasteiger partial charge in [-0.3, -0.25) is 0 Å². The second-order valence-electron chi connectivity index (χ2n) is 6.93. The summed E-state index contributed by atoms with van der Waals surface area (Å²) in [7, 11) is 0. The lowest BCUT2D eigenvalue weighted by atomic mass is 9.68. The molecule has 3 N–H and O–H groups in total. The summed E-state index contributed by atoms with van der Waals surface area (Å²) in [4.78, 5) is 9.56. The number of aromatic nitrogens is 2. The van der Waals surface area contributed by atoms with E-state index in [4.69, 9.17) is 15.7 Å². The number of nitrogens with one attached hydrogen (secondary N) is 1. The Labute approximate surface area is 161 Å². The smallest absolute Gasteiger partial charge is 0.223 e. The maximum atomic E-state index is 5.68. The lowest BCUT2D eigenvalue weighted by molar-refractivity contribution is 0.339. The van der Waals surface area contributed by atoms with Gasteiger partial charge < -0.3 is 11.1 Å². The summed E-state index contributed by atoms with van der Waals surface area (Å²) in [5, 5.41) is 4.47. The molecule has 0 spiro atoms. The van der Waals surface area contributed by atoms with Crippen molar-refractivity contribution >= 4 is 17.7 Å². The third-order valence-electron chi connectivity index (χ3n) is 5.04. The fourth-order valence-corrected chi connectivity index (χ4v) is 4.16. The van der Waals surface area contributed by atoms with Crippen LogP contribution in [0.3, 0.4) is 0 Å². The molecule has 3 rings (SSSR count). The van der Waals surface area contributed by atoms with Gasteiger partial charge in [0.1, 0.15) is 5.03 Å². The van der Waals surface area contributed by atoms with E-state index in [0.29, 0.717) is 18.4 Å². The van der Waals surface area contributed by atoms with Crippen LogP contribution in [0.2, 0.25) is 0 Å². The molecule has 0 radical (unpaired) electrons. The maximum Gasteiger partial charge on any atom is 0.223 e. The van der Waals surface area contributed by atoms with Gasteiger partial charge >= 0.3 is 0 Å². The Morgan fingerprint density at radius 2 is 1.92 bits per heavy atom. The van der Waals surface area contributed by atoms with Gasteiger partial charge in [0.05, 0.1) is 5.69 Å². The average Bonchev–Trinajstić information content (AvgIpc) is 2.63. The van der Waals surface area contributed by atoms with Crippen molar-refractivity contribution in [3.05, 3.63) is 47.7 Å². The molecular weight excluding hydrogens is 340 g/mol. The van der Waals surface area contributed by atoms with E-state index in [1.807, 2.05) is 0 Å². The Kier molecular flexibility index (Phi) is 7.32. The van der Waals surface area contributed by atoms with E-state index >= 15 is 0 Å². The van der Waals surface area contributed by atoms with Gasteiger partial charge in [-0.1, -0.05) is 50.1 Å². The van der Waals surface area contributed by atoms with E-state index in [2.05, 4.69) is 48.6 Å². The van der Waals surface area contributed by atoms with Gasteiger partial charge in [0.15, 0.2) is 0 Å². The van der Waals surface area contributed by atoms with E-state index < -0.39 is 0 Å². The molecule has 2 aromatic rings. The summed E-state index contributed by atoms with van der Waals surface area (Å²) in [6, 6.07) is 13.0. The van der Waals surface area contributed by atoms with E-state index in [-0.39, 0.29) is 0 Å². The Morgan fingerprint density at radius 3 is 2.62 bits per heavy atom. The molecule has 5 heteroatoms. The zero-order valence-corrected chi connectivity index (χ0v) is 16.5. The Bertz CT molecular complexity index is 677. The average molecular weight is 371 g/mol. The minimum Gasteiger partial charge on any atom is -0.354 e. The molecule has 26 heavy (non-hydrogen) atoms. The highest BCUT2D eigenvalue weighted by Crippen LogP contribution is 2.48. The van der Waals surface area contributed by atoms with Gasteiger partial charge in [0, 0.05) is 24.8 Å². The molecular formula is C21H30N4S. The molecule has 0 aliphatic heterocycles. The lowest BCUT2D eigenvalue weighted by Gasteiger charge is -2.37. The third kappa shape index (κ3) is 4.98. The fraction of sp³-hybridized carbons (Fsp3) is 0.524. The Hall–Kier alpha value is -1.59. The quantitative estimate of drug-likeness (QED) is 0.358. The van der Waals surface area contributed by atoms with Gasteiger partial charge in [0.25, 0.3) is 0 Å². The van der Waals surface area contributed by atoms with E-state index in [1.54, 1.807) is 11.8 Å².